The van der Waals surface area contributed by atoms with Crippen molar-refractivity contribution in [2.24, 2.45) is 0 Å². The predicted octanol–water partition coefficient (Wildman–Crippen LogP) is 4.81. The van der Waals surface area contributed by atoms with E-state index in [1.165, 1.54) is 12.1 Å². The second-order valence-electron chi connectivity index (χ2n) is 5.50. The zero-order valence-electron chi connectivity index (χ0n) is 12.7. The average Bonchev–Trinajstić information content (AvgIpc) is 2.48. The molecule has 3 aromatic rings. The smallest absolute Gasteiger partial charge is 0.336 e. The van der Waals surface area contributed by atoms with Crippen LogP contribution in [0.3, 0.4) is 0 Å². The molecule has 3 nitrogen and oxygen atoms in total. The maximum absolute atomic E-state index is 13.8. The minimum Gasteiger partial charge on any atom is -0.423 e. The number of nitrogens with one attached hydrogen (secondary N) is 1. The molecule has 3 rings (SSSR count). The van der Waals surface area contributed by atoms with Crippen LogP contribution >= 0.6 is 11.6 Å². The monoisotopic (exact) mass is 331 g/mol. The molecule has 0 unspecified atom stereocenters. The van der Waals surface area contributed by atoms with Gasteiger partial charge in [-0.1, -0.05) is 11.6 Å². The predicted molar refractivity (Wildman–Crippen MR) is 90.7 cm³/mol. The summed E-state index contributed by atoms with van der Waals surface area (Å²) in [4.78, 5) is 11.7. The third-order valence-corrected chi connectivity index (χ3v) is 4.08. The lowest BCUT2D eigenvalue weighted by Gasteiger charge is -2.11. The van der Waals surface area contributed by atoms with Gasteiger partial charge in [-0.3, -0.25) is 0 Å². The molecule has 1 N–H and O–H groups in total. The number of hydrogen-bond acceptors (Lipinski definition) is 3. The third-order valence-electron chi connectivity index (χ3n) is 3.84. The van der Waals surface area contributed by atoms with Crippen molar-refractivity contribution in [3.05, 3.63) is 74.3 Å². The normalized spacial score (nSPS) is 11.0. The van der Waals surface area contributed by atoms with E-state index in [0.717, 1.165) is 22.1 Å². The minimum absolute atomic E-state index is 0.309. The van der Waals surface area contributed by atoms with E-state index in [1.54, 1.807) is 12.1 Å². The first-order chi connectivity index (χ1) is 10.9. The number of rotatable bonds is 3. The molecule has 0 saturated carbocycles. The summed E-state index contributed by atoms with van der Waals surface area (Å²) in [5.41, 5.74) is 3.36. The molecule has 5 heteroatoms. The van der Waals surface area contributed by atoms with Crippen LogP contribution in [0.5, 0.6) is 0 Å². The lowest BCUT2D eigenvalue weighted by molar-refractivity contribution is 0.559. The van der Waals surface area contributed by atoms with Gasteiger partial charge < -0.3 is 9.73 Å². The van der Waals surface area contributed by atoms with Gasteiger partial charge in [0.1, 0.15) is 11.4 Å². The quantitative estimate of drug-likeness (QED) is 0.700. The van der Waals surface area contributed by atoms with Crippen LogP contribution in [0.1, 0.15) is 16.7 Å². The average molecular weight is 332 g/mol. The molecular weight excluding hydrogens is 317 g/mol. The highest BCUT2D eigenvalue weighted by Crippen LogP contribution is 2.24. The highest BCUT2D eigenvalue weighted by atomic mass is 35.5. The molecule has 23 heavy (non-hydrogen) atoms. The van der Waals surface area contributed by atoms with Gasteiger partial charge in [0.2, 0.25) is 0 Å². The van der Waals surface area contributed by atoms with E-state index in [-0.39, 0.29) is 0 Å². The van der Waals surface area contributed by atoms with Crippen LogP contribution in [0.2, 0.25) is 5.02 Å². The topological polar surface area (TPSA) is 42.2 Å². The van der Waals surface area contributed by atoms with Gasteiger partial charge in [0.15, 0.2) is 0 Å². The lowest BCUT2D eigenvalue weighted by atomic mass is 10.0. The van der Waals surface area contributed by atoms with E-state index in [2.05, 4.69) is 5.32 Å². The summed E-state index contributed by atoms with van der Waals surface area (Å²) in [7, 11) is 0. The number of benzene rings is 2. The van der Waals surface area contributed by atoms with E-state index >= 15 is 0 Å². The minimum atomic E-state index is -0.434. The SMILES string of the molecule is Cc1cc2oc(=O)cc(CNc3ccc(Cl)cc3F)c2cc1C. The second-order valence-corrected chi connectivity index (χ2v) is 5.94. The number of halogens is 2. The molecule has 2 aromatic carbocycles. The Kier molecular flexibility index (Phi) is 4.09. The van der Waals surface area contributed by atoms with Crippen molar-refractivity contribution in [2.75, 3.05) is 5.32 Å². The van der Waals surface area contributed by atoms with Gasteiger partial charge in [0, 0.05) is 23.0 Å². The Hall–Kier alpha value is -2.33. The molecule has 0 bridgehead atoms. The molecule has 0 atom stereocenters. The molecule has 1 aromatic heterocycles. The maximum Gasteiger partial charge on any atom is 0.336 e. The first-order valence-corrected chi connectivity index (χ1v) is 7.55. The van der Waals surface area contributed by atoms with Crippen LogP contribution in [0.15, 0.2) is 45.6 Å². The first kappa shape index (κ1) is 15.6. The Morgan fingerprint density at radius 2 is 1.87 bits per heavy atom. The number of aryl methyl sites for hydroxylation is 2. The fourth-order valence-electron chi connectivity index (χ4n) is 2.45. The van der Waals surface area contributed by atoms with Crippen LogP contribution in [0, 0.1) is 19.7 Å². The fourth-order valence-corrected chi connectivity index (χ4v) is 2.61. The standard InChI is InChI=1S/C18H15ClFNO2/c1-10-5-14-12(7-18(22)23-17(14)6-11(10)2)9-21-16-4-3-13(19)8-15(16)20/h3-8,21H,9H2,1-2H3. The second kappa shape index (κ2) is 6.05. The maximum atomic E-state index is 13.8. The first-order valence-electron chi connectivity index (χ1n) is 7.17. The van der Waals surface area contributed by atoms with Crippen molar-refractivity contribution in [3.8, 4) is 0 Å². The van der Waals surface area contributed by atoms with Gasteiger partial charge in [-0.05, 0) is 60.9 Å². The molecule has 0 amide bonds. The Labute approximate surface area is 137 Å². The summed E-state index contributed by atoms with van der Waals surface area (Å²) in [6.45, 7) is 4.27. The molecule has 118 valence electrons. The number of anilines is 1. The van der Waals surface area contributed by atoms with Crippen LogP contribution in [0.25, 0.3) is 11.0 Å². The summed E-state index contributed by atoms with van der Waals surface area (Å²) < 4.78 is 19.1. The van der Waals surface area contributed by atoms with E-state index in [0.29, 0.717) is 22.8 Å². The van der Waals surface area contributed by atoms with E-state index in [4.69, 9.17) is 16.0 Å². The summed E-state index contributed by atoms with van der Waals surface area (Å²) in [6.07, 6.45) is 0. The van der Waals surface area contributed by atoms with E-state index in [1.807, 2.05) is 26.0 Å². The van der Waals surface area contributed by atoms with Gasteiger partial charge in [0.25, 0.3) is 0 Å². The largest absolute Gasteiger partial charge is 0.423 e. The summed E-state index contributed by atoms with van der Waals surface area (Å²) >= 11 is 5.74. The van der Waals surface area contributed by atoms with Crippen molar-refractivity contribution in [3.63, 3.8) is 0 Å². The lowest BCUT2D eigenvalue weighted by Crippen LogP contribution is -2.07. The Bertz CT molecular complexity index is 950. The third kappa shape index (κ3) is 3.22. The Morgan fingerprint density at radius 1 is 1.13 bits per heavy atom. The molecular formula is C18H15ClFNO2. The van der Waals surface area contributed by atoms with Crippen LogP contribution in [-0.4, -0.2) is 0 Å². The van der Waals surface area contributed by atoms with Crippen molar-refractivity contribution in [2.45, 2.75) is 20.4 Å². The van der Waals surface area contributed by atoms with Crippen LogP contribution in [0.4, 0.5) is 10.1 Å². The molecule has 0 aliphatic heterocycles. The molecule has 0 aliphatic rings. The highest BCUT2D eigenvalue weighted by Gasteiger charge is 2.09. The van der Waals surface area contributed by atoms with Gasteiger partial charge in [-0.25, -0.2) is 9.18 Å². The fraction of sp³-hybridized carbons (Fsp3) is 0.167. The number of fused-ring (bicyclic) bond motifs is 1. The van der Waals surface area contributed by atoms with E-state index < -0.39 is 11.4 Å². The van der Waals surface area contributed by atoms with E-state index in [9.17, 15) is 9.18 Å². The number of hydrogen-bond donors (Lipinski definition) is 1. The summed E-state index contributed by atoms with van der Waals surface area (Å²) in [5, 5.41) is 4.18. The van der Waals surface area contributed by atoms with Crippen molar-refractivity contribution >= 4 is 28.3 Å². The summed E-state index contributed by atoms with van der Waals surface area (Å²) in [6, 6.07) is 9.67. The molecule has 0 fully saturated rings. The molecule has 1 heterocycles. The van der Waals surface area contributed by atoms with Crippen molar-refractivity contribution < 1.29 is 8.81 Å². The molecule has 0 spiro atoms. The van der Waals surface area contributed by atoms with Gasteiger partial charge >= 0.3 is 5.63 Å². The Balaban J connectivity index is 1.99. The van der Waals surface area contributed by atoms with Gasteiger partial charge in [-0.15, -0.1) is 0 Å². The highest BCUT2D eigenvalue weighted by molar-refractivity contribution is 6.30. The molecule has 0 saturated heterocycles. The van der Waals surface area contributed by atoms with Crippen molar-refractivity contribution in [1.82, 2.24) is 0 Å². The van der Waals surface area contributed by atoms with Crippen LogP contribution in [-0.2, 0) is 6.54 Å². The van der Waals surface area contributed by atoms with Crippen LogP contribution < -0.4 is 10.9 Å². The molecule has 0 radical (unpaired) electrons. The van der Waals surface area contributed by atoms with Gasteiger partial charge in [-0.2, -0.15) is 0 Å². The zero-order chi connectivity index (χ0) is 16.6. The summed E-state index contributed by atoms with van der Waals surface area (Å²) in [5.74, 6) is -0.434. The van der Waals surface area contributed by atoms with Crippen molar-refractivity contribution in [1.29, 1.82) is 0 Å². The zero-order valence-corrected chi connectivity index (χ0v) is 13.5. The Morgan fingerprint density at radius 3 is 2.61 bits per heavy atom. The molecule has 0 aliphatic carbocycles. The van der Waals surface area contributed by atoms with Gasteiger partial charge in [0.05, 0.1) is 5.69 Å².